The lowest BCUT2D eigenvalue weighted by Gasteiger charge is -2.44. The highest BCUT2D eigenvalue weighted by Gasteiger charge is 2.46. The zero-order chi connectivity index (χ0) is 18.9. The fourth-order valence-electron chi connectivity index (χ4n) is 3.76. The van der Waals surface area contributed by atoms with Crippen molar-refractivity contribution in [1.82, 2.24) is 10.2 Å². The molecule has 0 bridgehead atoms. The van der Waals surface area contributed by atoms with Crippen LogP contribution in [0, 0.1) is 0 Å². The molecule has 1 aliphatic carbocycles. The van der Waals surface area contributed by atoms with Gasteiger partial charge in [-0.15, -0.1) is 0 Å². The van der Waals surface area contributed by atoms with Crippen LogP contribution in [0.15, 0.2) is 30.3 Å². The van der Waals surface area contributed by atoms with E-state index in [2.05, 4.69) is 5.32 Å². The Balaban J connectivity index is 1.70. The molecule has 1 aromatic rings. The third-order valence-corrected chi connectivity index (χ3v) is 4.98. The molecule has 2 fully saturated rings. The highest BCUT2D eigenvalue weighted by Crippen LogP contribution is 2.39. The number of halogens is 2. The summed E-state index contributed by atoms with van der Waals surface area (Å²) in [4.78, 5) is 14.4. The van der Waals surface area contributed by atoms with Gasteiger partial charge in [0.1, 0.15) is 5.60 Å². The van der Waals surface area contributed by atoms with Crippen molar-refractivity contribution in [2.45, 2.75) is 76.1 Å². The van der Waals surface area contributed by atoms with Gasteiger partial charge in [-0.25, -0.2) is 13.6 Å². The molecule has 26 heavy (non-hydrogen) atoms. The quantitative estimate of drug-likeness (QED) is 0.855. The molecular weight excluding hydrogens is 338 g/mol. The van der Waals surface area contributed by atoms with Crippen molar-refractivity contribution in [2.24, 2.45) is 0 Å². The molecule has 2 atom stereocenters. The molecule has 1 aromatic carbocycles. The van der Waals surface area contributed by atoms with Crippen LogP contribution in [-0.4, -0.2) is 41.1 Å². The first-order valence-corrected chi connectivity index (χ1v) is 9.31. The van der Waals surface area contributed by atoms with Crippen molar-refractivity contribution in [3.05, 3.63) is 35.9 Å². The van der Waals surface area contributed by atoms with Crippen LogP contribution in [-0.2, 0) is 4.74 Å². The minimum atomic E-state index is -2.52. The topological polar surface area (TPSA) is 41.6 Å². The molecule has 1 aliphatic heterocycles. The number of ether oxygens (including phenoxy) is 1. The molecular formula is C20H28F2N2O2. The molecule has 1 saturated heterocycles. The number of benzene rings is 1. The van der Waals surface area contributed by atoms with E-state index in [4.69, 9.17) is 4.74 Å². The van der Waals surface area contributed by atoms with E-state index in [0.29, 0.717) is 13.0 Å². The molecule has 144 valence electrons. The van der Waals surface area contributed by atoms with Crippen LogP contribution in [0.2, 0.25) is 0 Å². The Kier molecular flexibility index (Phi) is 5.24. The van der Waals surface area contributed by atoms with E-state index in [1.54, 1.807) is 4.90 Å². The van der Waals surface area contributed by atoms with Crippen LogP contribution >= 0.6 is 0 Å². The van der Waals surface area contributed by atoms with E-state index >= 15 is 0 Å². The number of rotatable bonds is 3. The summed E-state index contributed by atoms with van der Waals surface area (Å²) in [5, 5.41) is 3.36. The van der Waals surface area contributed by atoms with E-state index in [1.165, 1.54) is 0 Å². The second kappa shape index (κ2) is 7.14. The van der Waals surface area contributed by atoms with Crippen molar-refractivity contribution in [2.75, 3.05) is 6.54 Å². The monoisotopic (exact) mass is 366 g/mol. The second-order valence-electron chi connectivity index (χ2n) is 8.45. The Morgan fingerprint density at radius 2 is 1.85 bits per heavy atom. The number of alkyl halides is 2. The van der Waals surface area contributed by atoms with Crippen LogP contribution in [0.5, 0.6) is 0 Å². The van der Waals surface area contributed by atoms with Crippen molar-refractivity contribution in [3.8, 4) is 0 Å². The van der Waals surface area contributed by atoms with Crippen molar-refractivity contribution < 1.29 is 18.3 Å². The van der Waals surface area contributed by atoms with Crippen LogP contribution in [0.1, 0.15) is 58.1 Å². The Bertz CT molecular complexity index is 622. The van der Waals surface area contributed by atoms with Gasteiger partial charge in [-0.1, -0.05) is 30.3 Å². The zero-order valence-corrected chi connectivity index (χ0v) is 15.7. The lowest BCUT2D eigenvalue weighted by atomic mass is 9.85. The van der Waals surface area contributed by atoms with E-state index in [0.717, 1.165) is 12.0 Å². The van der Waals surface area contributed by atoms with Gasteiger partial charge in [0.2, 0.25) is 0 Å². The van der Waals surface area contributed by atoms with Gasteiger partial charge < -0.3 is 15.0 Å². The molecule has 1 amide bonds. The number of nitrogens with zero attached hydrogens (tertiary/aromatic N) is 1. The SMILES string of the molecule is CC(C)(C)OC(=O)N1CCC(NC2CC(F)(F)C2)C[C@H]1c1ccccc1. The second-order valence-corrected chi connectivity index (χ2v) is 8.45. The van der Waals surface area contributed by atoms with Gasteiger partial charge in [-0.05, 0) is 39.2 Å². The molecule has 0 aromatic heterocycles. The third-order valence-electron chi connectivity index (χ3n) is 4.98. The van der Waals surface area contributed by atoms with E-state index in [9.17, 15) is 13.6 Å². The summed E-state index contributed by atoms with van der Waals surface area (Å²) < 4.78 is 31.8. The van der Waals surface area contributed by atoms with Crippen LogP contribution in [0.25, 0.3) is 0 Å². The van der Waals surface area contributed by atoms with Crippen molar-refractivity contribution >= 4 is 6.09 Å². The van der Waals surface area contributed by atoms with E-state index in [1.807, 2.05) is 51.1 Å². The number of hydrogen-bond acceptors (Lipinski definition) is 3. The first-order chi connectivity index (χ1) is 12.1. The van der Waals surface area contributed by atoms with Crippen LogP contribution in [0.4, 0.5) is 13.6 Å². The Hall–Kier alpha value is -1.69. The molecule has 1 unspecified atom stereocenters. The standard InChI is InChI=1S/C20H28F2N2O2/c1-19(2,3)26-18(25)24-10-9-15(23-16-12-20(21,22)13-16)11-17(24)14-7-5-4-6-8-14/h4-8,15-17,23H,9-13H2,1-3H3/t15?,17-/m0/s1. The lowest BCUT2D eigenvalue weighted by molar-refractivity contribution is -0.0963. The van der Waals surface area contributed by atoms with Crippen LogP contribution < -0.4 is 5.32 Å². The highest BCUT2D eigenvalue weighted by molar-refractivity contribution is 5.69. The first kappa shape index (κ1) is 19.1. The minimum Gasteiger partial charge on any atom is -0.444 e. The normalized spacial score (nSPS) is 26.3. The Morgan fingerprint density at radius 3 is 2.42 bits per heavy atom. The van der Waals surface area contributed by atoms with Gasteiger partial charge in [-0.2, -0.15) is 0 Å². The maximum absolute atomic E-state index is 13.1. The number of piperidine rings is 1. The first-order valence-electron chi connectivity index (χ1n) is 9.31. The molecule has 1 heterocycles. The third kappa shape index (κ3) is 4.72. The molecule has 2 aliphatic rings. The largest absolute Gasteiger partial charge is 0.444 e. The average molecular weight is 366 g/mol. The molecule has 6 heteroatoms. The fraction of sp³-hybridized carbons (Fsp3) is 0.650. The summed E-state index contributed by atoms with van der Waals surface area (Å²) in [6.07, 6.45) is 0.945. The number of likely N-dealkylation sites (tertiary alicyclic amines) is 1. The lowest BCUT2D eigenvalue weighted by Crippen LogP contribution is -2.55. The van der Waals surface area contributed by atoms with Crippen molar-refractivity contribution in [1.29, 1.82) is 0 Å². The fourth-order valence-corrected chi connectivity index (χ4v) is 3.76. The average Bonchev–Trinajstić information content (AvgIpc) is 2.52. The number of nitrogens with one attached hydrogen (secondary N) is 1. The van der Waals surface area contributed by atoms with Gasteiger partial charge in [-0.3, -0.25) is 0 Å². The Morgan fingerprint density at radius 1 is 1.19 bits per heavy atom. The van der Waals surface area contributed by atoms with Gasteiger partial charge in [0.15, 0.2) is 0 Å². The highest BCUT2D eigenvalue weighted by atomic mass is 19.3. The van der Waals surface area contributed by atoms with E-state index in [-0.39, 0.29) is 37.1 Å². The van der Waals surface area contributed by atoms with Crippen LogP contribution in [0.3, 0.4) is 0 Å². The predicted octanol–water partition coefficient (Wildman–Crippen LogP) is 4.51. The van der Waals surface area contributed by atoms with Gasteiger partial charge >= 0.3 is 6.09 Å². The van der Waals surface area contributed by atoms with Crippen molar-refractivity contribution in [3.63, 3.8) is 0 Å². The number of carbonyl (C=O) groups excluding carboxylic acids is 1. The van der Waals surface area contributed by atoms with E-state index < -0.39 is 11.5 Å². The molecule has 1 N–H and O–H groups in total. The summed E-state index contributed by atoms with van der Waals surface area (Å²) in [5.41, 5.74) is 0.495. The predicted molar refractivity (Wildman–Crippen MR) is 96.2 cm³/mol. The zero-order valence-electron chi connectivity index (χ0n) is 15.7. The minimum absolute atomic E-state index is 0.0880. The Labute approximate surface area is 153 Å². The maximum Gasteiger partial charge on any atom is 0.410 e. The summed E-state index contributed by atoms with van der Waals surface area (Å²) in [6, 6.07) is 9.73. The number of carbonyl (C=O) groups is 1. The molecule has 1 saturated carbocycles. The molecule has 0 spiro atoms. The summed E-state index contributed by atoms with van der Waals surface area (Å²) in [5.74, 6) is -2.52. The molecule has 4 nitrogen and oxygen atoms in total. The molecule has 3 rings (SSSR count). The van der Waals surface area contributed by atoms with Gasteiger partial charge in [0, 0.05) is 31.5 Å². The molecule has 0 radical (unpaired) electrons. The summed E-state index contributed by atoms with van der Waals surface area (Å²) in [6.45, 7) is 6.11. The number of amides is 1. The smallest absolute Gasteiger partial charge is 0.410 e. The van der Waals surface area contributed by atoms with Gasteiger partial charge in [0.25, 0.3) is 5.92 Å². The summed E-state index contributed by atoms with van der Waals surface area (Å²) in [7, 11) is 0. The number of hydrogen-bond donors (Lipinski definition) is 1. The van der Waals surface area contributed by atoms with Gasteiger partial charge in [0.05, 0.1) is 6.04 Å². The maximum atomic E-state index is 13.1. The summed E-state index contributed by atoms with van der Waals surface area (Å²) >= 11 is 0.